The molecule has 2 aromatic rings. The molecule has 0 aliphatic heterocycles. The van der Waals surface area contributed by atoms with Gasteiger partial charge in [0.05, 0.1) is 17.0 Å². The first-order valence-electron chi connectivity index (χ1n) is 9.41. The first-order valence-corrected chi connectivity index (χ1v) is 9.79. The van der Waals surface area contributed by atoms with Crippen LogP contribution in [0.25, 0.3) is 0 Å². The maximum Gasteiger partial charge on any atom is 0.306 e. The van der Waals surface area contributed by atoms with Crippen molar-refractivity contribution in [1.29, 1.82) is 0 Å². The van der Waals surface area contributed by atoms with Crippen LogP contribution < -0.4 is 21.5 Å². The second-order valence-electron chi connectivity index (χ2n) is 6.45. The molecule has 4 amide bonds. The predicted molar refractivity (Wildman–Crippen MR) is 117 cm³/mol. The number of hydrazine groups is 1. The molecule has 0 bridgehead atoms. The fraction of sp³-hybridized carbons (Fsp3) is 0.190. The molecule has 10 nitrogen and oxygen atoms in total. The van der Waals surface area contributed by atoms with E-state index in [0.29, 0.717) is 11.4 Å². The average molecular weight is 461 g/mol. The zero-order valence-electron chi connectivity index (χ0n) is 17.1. The number of halogens is 1. The third-order valence-electron chi connectivity index (χ3n) is 3.84. The molecule has 2 rings (SSSR count). The van der Waals surface area contributed by atoms with E-state index in [2.05, 4.69) is 21.5 Å². The van der Waals surface area contributed by atoms with Crippen molar-refractivity contribution in [3.63, 3.8) is 0 Å². The summed E-state index contributed by atoms with van der Waals surface area (Å²) in [5.41, 5.74) is 5.50. The maximum absolute atomic E-state index is 11.9. The number of benzene rings is 2. The normalized spacial score (nSPS) is 9.94. The molecule has 0 atom stereocenters. The van der Waals surface area contributed by atoms with Crippen molar-refractivity contribution >= 4 is 52.6 Å². The van der Waals surface area contributed by atoms with Crippen molar-refractivity contribution in [3.8, 4) is 0 Å². The molecule has 0 saturated heterocycles. The molecule has 0 saturated carbocycles. The fourth-order valence-electron chi connectivity index (χ4n) is 2.37. The molecule has 4 N–H and O–H groups in total. The highest BCUT2D eigenvalue weighted by atomic mass is 35.5. The van der Waals surface area contributed by atoms with Gasteiger partial charge in [0.1, 0.15) is 0 Å². The summed E-state index contributed by atoms with van der Waals surface area (Å²) in [6.07, 6.45) is -0.397. The van der Waals surface area contributed by atoms with Gasteiger partial charge in [-0.3, -0.25) is 34.8 Å². The van der Waals surface area contributed by atoms with Crippen molar-refractivity contribution in [2.45, 2.75) is 19.8 Å². The summed E-state index contributed by atoms with van der Waals surface area (Å²) in [7, 11) is 0. The number of esters is 1. The van der Waals surface area contributed by atoms with Crippen molar-refractivity contribution in [3.05, 3.63) is 59.1 Å². The molecule has 11 heteroatoms. The standard InChI is InChI=1S/C21H21ClN4O6/c1-13(27)23-14-6-8-15(9-7-14)24-18(28)10-11-20(30)32-12-19(29)25-26-21(31)16-4-2-3-5-17(16)22/h2-9H,10-12H2,1H3,(H,23,27)(H,24,28)(H,25,29)(H,26,31). The fourth-order valence-corrected chi connectivity index (χ4v) is 2.59. The van der Waals surface area contributed by atoms with Gasteiger partial charge in [0.2, 0.25) is 11.8 Å². The number of amides is 4. The quantitative estimate of drug-likeness (QED) is 0.350. The van der Waals surface area contributed by atoms with Gasteiger partial charge in [-0.15, -0.1) is 0 Å². The molecule has 0 aromatic heterocycles. The molecule has 0 heterocycles. The van der Waals surface area contributed by atoms with Crippen LogP contribution in [0.15, 0.2) is 48.5 Å². The Bertz CT molecular complexity index is 1010. The lowest BCUT2D eigenvalue weighted by atomic mass is 10.2. The summed E-state index contributed by atoms with van der Waals surface area (Å²) in [6, 6.07) is 12.7. The van der Waals surface area contributed by atoms with Crippen LogP contribution in [0, 0.1) is 0 Å². The van der Waals surface area contributed by atoms with Crippen molar-refractivity contribution < 1.29 is 28.7 Å². The van der Waals surface area contributed by atoms with E-state index >= 15 is 0 Å². The van der Waals surface area contributed by atoms with Crippen molar-refractivity contribution in [2.75, 3.05) is 17.2 Å². The zero-order valence-corrected chi connectivity index (χ0v) is 17.8. The van der Waals surface area contributed by atoms with Gasteiger partial charge in [0.15, 0.2) is 6.61 Å². The molecular weight excluding hydrogens is 440 g/mol. The van der Waals surface area contributed by atoms with E-state index in [-0.39, 0.29) is 29.3 Å². The van der Waals surface area contributed by atoms with Crippen molar-refractivity contribution in [2.24, 2.45) is 0 Å². The van der Waals surface area contributed by atoms with Crippen LogP contribution in [0.1, 0.15) is 30.1 Å². The van der Waals surface area contributed by atoms with Crippen LogP contribution in [0.2, 0.25) is 5.02 Å². The third kappa shape index (κ3) is 8.44. The smallest absolute Gasteiger partial charge is 0.306 e. The van der Waals surface area contributed by atoms with E-state index in [1.807, 2.05) is 0 Å². The first-order chi connectivity index (χ1) is 15.2. The third-order valence-corrected chi connectivity index (χ3v) is 4.17. The second-order valence-corrected chi connectivity index (χ2v) is 6.86. The van der Waals surface area contributed by atoms with Crippen LogP contribution in [-0.4, -0.2) is 36.2 Å². The Kier molecular flexibility index (Phi) is 9.18. The Labute approximate surface area is 188 Å². The Balaban J connectivity index is 1.65. The van der Waals surface area contributed by atoms with Gasteiger partial charge in [-0.25, -0.2) is 0 Å². The summed E-state index contributed by atoms with van der Waals surface area (Å²) in [6.45, 7) is 0.753. The van der Waals surface area contributed by atoms with Gasteiger partial charge in [-0.2, -0.15) is 0 Å². The molecule has 0 aliphatic rings. The van der Waals surface area contributed by atoms with Gasteiger partial charge >= 0.3 is 5.97 Å². The van der Waals surface area contributed by atoms with Gasteiger partial charge in [-0.05, 0) is 36.4 Å². The van der Waals surface area contributed by atoms with Gasteiger partial charge in [0.25, 0.3) is 11.8 Å². The van der Waals surface area contributed by atoms with Crippen LogP contribution in [0.3, 0.4) is 0 Å². The minimum Gasteiger partial charge on any atom is -0.455 e. The molecule has 168 valence electrons. The SMILES string of the molecule is CC(=O)Nc1ccc(NC(=O)CCC(=O)OCC(=O)NNC(=O)c2ccccc2Cl)cc1. The Morgan fingerprint density at radius 1 is 0.812 bits per heavy atom. The van der Waals surface area contributed by atoms with E-state index in [4.69, 9.17) is 16.3 Å². The number of hydrogen-bond acceptors (Lipinski definition) is 6. The molecule has 0 aliphatic carbocycles. The highest BCUT2D eigenvalue weighted by molar-refractivity contribution is 6.33. The number of carbonyl (C=O) groups is 5. The number of ether oxygens (including phenoxy) is 1. The predicted octanol–water partition coefficient (Wildman–Crippen LogP) is 2.02. The van der Waals surface area contributed by atoms with Gasteiger partial charge in [-0.1, -0.05) is 23.7 Å². The summed E-state index contributed by atoms with van der Waals surface area (Å²) >= 11 is 5.88. The lowest BCUT2D eigenvalue weighted by Crippen LogP contribution is -2.43. The zero-order chi connectivity index (χ0) is 23.5. The summed E-state index contributed by atoms with van der Waals surface area (Å²) in [5, 5.41) is 5.41. The highest BCUT2D eigenvalue weighted by Crippen LogP contribution is 2.15. The van der Waals surface area contributed by atoms with E-state index in [1.54, 1.807) is 36.4 Å². The van der Waals surface area contributed by atoms with E-state index in [9.17, 15) is 24.0 Å². The van der Waals surface area contributed by atoms with Crippen LogP contribution in [0.4, 0.5) is 11.4 Å². The first kappa shape index (κ1) is 24.4. The summed E-state index contributed by atoms with van der Waals surface area (Å²) in [5.74, 6) is -2.78. The second kappa shape index (κ2) is 12.1. The average Bonchev–Trinajstić information content (AvgIpc) is 2.76. The van der Waals surface area contributed by atoms with Crippen molar-refractivity contribution in [1.82, 2.24) is 10.9 Å². The summed E-state index contributed by atoms with van der Waals surface area (Å²) in [4.78, 5) is 58.3. The van der Waals surface area contributed by atoms with Gasteiger partial charge in [0, 0.05) is 24.7 Å². The van der Waals surface area contributed by atoms with E-state index < -0.39 is 30.3 Å². The molecule has 0 fully saturated rings. The number of nitrogens with one attached hydrogen (secondary N) is 4. The van der Waals surface area contributed by atoms with Gasteiger partial charge < -0.3 is 15.4 Å². The van der Waals surface area contributed by atoms with Crippen LogP contribution in [0.5, 0.6) is 0 Å². The lowest BCUT2D eigenvalue weighted by Gasteiger charge is -2.09. The molecule has 0 spiro atoms. The molecule has 32 heavy (non-hydrogen) atoms. The number of anilines is 2. The molecular formula is C21H21ClN4O6. The summed E-state index contributed by atoms with van der Waals surface area (Å²) < 4.78 is 4.77. The minimum atomic E-state index is -0.762. The molecule has 0 radical (unpaired) electrons. The highest BCUT2D eigenvalue weighted by Gasteiger charge is 2.13. The Morgan fingerprint density at radius 3 is 2.06 bits per heavy atom. The Morgan fingerprint density at radius 2 is 1.44 bits per heavy atom. The number of rotatable bonds is 8. The number of hydrogen-bond donors (Lipinski definition) is 4. The topological polar surface area (TPSA) is 143 Å². The molecule has 2 aromatic carbocycles. The maximum atomic E-state index is 11.9. The monoisotopic (exact) mass is 460 g/mol. The van der Waals surface area contributed by atoms with E-state index in [1.165, 1.54) is 19.1 Å². The Hall–Kier alpha value is -3.92. The van der Waals surface area contributed by atoms with Crippen LogP contribution in [-0.2, 0) is 23.9 Å². The minimum absolute atomic E-state index is 0.156. The van der Waals surface area contributed by atoms with E-state index in [0.717, 1.165) is 0 Å². The molecule has 0 unspecified atom stereocenters. The van der Waals surface area contributed by atoms with Crippen LogP contribution >= 0.6 is 11.6 Å². The lowest BCUT2D eigenvalue weighted by molar-refractivity contribution is -0.149. The largest absolute Gasteiger partial charge is 0.455 e. The number of carbonyl (C=O) groups excluding carboxylic acids is 5.